The second-order valence-corrected chi connectivity index (χ2v) is 9.73. The van der Waals surface area contributed by atoms with Crippen LogP contribution in [-0.4, -0.2) is 21.9 Å². The minimum Gasteiger partial charge on any atom is -0.330 e. The van der Waals surface area contributed by atoms with E-state index in [0.29, 0.717) is 10.9 Å². The van der Waals surface area contributed by atoms with Crippen LogP contribution in [0.15, 0.2) is 52.9 Å². The maximum absolute atomic E-state index is 12.2. The molecular weight excluding hydrogens is 388 g/mol. The minimum atomic E-state index is -0.0586. The van der Waals surface area contributed by atoms with Crippen LogP contribution < -0.4 is 10.6 Å². The zero-order valence-electron chi connectivity index (χ0n) is 16.4. The molecule has 0 aliphatic rings. The van der Waals surface area contributed by atoms with Crippen LogP contribution in [0.5, 0.6) is 0 Å². The molecule has 1 heterocycles. The molecule has 0 radical (unpaired) electrons. The van der Waals surface area contributed by atoms with Crippen LogP contribution in [0.4, 0.5) is 16.5 Å². The van der Waals surface area contributed by atoms with Gasteiger partial charge in [0, 0.05) is 11.4 Å². The van der Waals surface area contributed by atoms with Gasteiger partial charge in [0.2, 0.25) is 11.0 Å². The predicted octanol–water partition coefficient (Wildman–Crippen LogP) is 5.62. The number of aryl methyl sites for hydroxylation is 1. The maximum Gasteiger partial charge on any atom is 0.234 e. The van der Waals surface area contributed by atoms with E-state index in [9.17, 15) is 4.79 Å². The van der Waals surface area contributed by atoms with Crippen molar-refractivity contribution in [2.75, 3.05) is 16.4 Å². The molecule has 0 aliphatic carbocycles. The number of thioether (sulfide) groups is 1. The molecule has 0 aliphatic heterocycles. The molecule has 0 saturated carbocycles. The zero-order valence-corrected chi connectivity index (χ0v) is 18.1. The molecule has 0 atom stereocenters. The van der Waals surface area contributed by atoms with E-state index in [2.05, 4.69) is 53.7 Å². The summed E-state index contributed by atoms with van der Waals surface area (Å²) in [5.74, 6) is 0.233. The Morgan fingerprint density at radius 1 is 1.00 bits per heavy atom. The van der Waals surface area contributed by atoms with E-state index in [1.165, 1.54) is 34.2 Å². The van der Waals surface area contributed by atoms with Gasteiger partial charge in [0.1, 0.15) is 0 Å². The van der Waals surface area contributed by atoms with Crippen LogP contribution >= 0.6 is 23.1 Å². The molecule has 3 rings (SSSR count). The number of rotatable bonds is 6. The second-order valence-electron chi connectivity index (χ2n) is 7.53. The predicted molar refractivity (Wildman–Crippen MR) is 119 cm³/mol. The number of hydrogen-bond donors (Lipinski definition) is 2. The number of aromatic nitrogens is 2. The Hall–Kier alpha value is -2.38. The SMILES string of the molecule is Cc1ccc(Nc2nnc(SCC(=O)Nc3ccc(C(C)(C)C)cc3)s2)cc1. The van der Waals surface area contributed by atoms with E-state index in [4.69, 9.17) is 0 Å². The number of carbonyl (C=O) groups excluding carboxylic acids is 1. The molecule has 0 saturated heterocycles. The first kappa shape index (κ1) is 20.4. The summed E-state index contributed by atoms with van der Waals surface area (Å²) < 4.78 is 0.757. The lowest BCUT2D eigenvalue weighted by molar-refractivity contribution is -0.113. The van der Waals surface area contributed by atoms with Crippen LogP contribution in [0.1, 0.15) is 31.9 Å². The van der Waals surface area contributed by atoms with Gasteiger partial charge in [-0.1, -0.05) is 73.7 Å². The van der Waals surface area contributed by atoms with Crippen LogP contribution in [0.2, 0.25) is 0 Å². The third-order valence-electron chi connectivity index (χ3n) is 4.07. The normalized spacial score (nSPS) is 11.3. The van der Waals surface area contributed by atoms with Crippen LogP contribution in [0, 0.1) is 6.92 Å². The summed E-state index contributed by atoms with van der Waals surface area (Å²) >= 11 is 2.82. The Kier molecular flexibility index (Phi) is 6.36. The van der Waals surface area contributed by atoms with E-state index in [1.807, 2.05) is 43.3 Å². The first-order valence-electron chi connectivity index (χ1n) is 9.00. The molecule has 146 valence electrons. The van der Waals surface area contributed by atoms with Gasteiger partial charge in [0.15, 0.2) is 4.34 Å². The molecule has 5 nitrogen and oxygen atoms in total. The Morgan fingerprint density at radius 2 is 1.64 bits per heavy atom. The van der Waals surface area contributed by atoms with Gasteiger partial charge >= 0.3 is 0 Å². The lowest BCUT2D eigenvalue weighted by atomic mass is 9.87. The van der Waals surface area contributed by atoms with Crippen molar-refractivity contribution >= 4 is 45.5 Å². The monoisotopic (exact) mass is 412 g/mol. The Balaban J connectivity index is 1.49. The molecule has 0 spiro atoms. The van der Waals surface area contributed by atoms with Crippen molar-refractivity contribution in [3.8, 4) is 0 Å². The van der Waals surface area contributed by atoms with Gasteiger partial charge in [-0.25, -0.2) is 0 Å². The average molecular weight is 413 g/mol. The Morgan fingerprint density at radius 3 is 2.29 bits per heavy atom. The van der Waals surface area contributed by atoms with Crippen LogP contribution in [-0.2, 0) is 10.2 Å². The molecule has 0 unspecified atom stereocenters. The highest BCUT2D eigenvalue weighted by molar-refractivity contribution is 8.01. The van der Waals surface area contributed by atoms with E-state index in [1.54, 1.807) is 0 Å². The van der Waals surface area contributed by atoms with E-state index in [0.717, 1.165) is 15.7 Å². The average Bonchev–Trinajstić information content (AvgIpc) is 3.09. The topological polar surface area (TPSA) is 66.9 Å². The van der Waals surface area contributed by atoms with E-state index >= 15 is 0 Å². The summed E-state index contributed by atoms with van der Waals surface area (Å²) in [6.45, 7) is 8.55. The van der Waals surface area contributed by atoms with Crippen molar-refractivity contribution in [3.63, 3.8) is 0 Å². The quantitative estimate of drug-likeness (QED) is 0.515. The van der Waals surface area contributed by atoms with Crippen molar-refractivity contribution in [2.45, 2.75) is 37.4 Å². The van der Waals surface area contributed by atoms with Gasteiger partial charge in [0.25, 0.3) is 0 Å². The molecule has 0 bridgehead atoms. The fraction of sp³-hybridized carbons (Fsp3) is 0.286. The van der Waals surface area contributed by atoms with Gasteiger partial charge in [-0.15, -0.1) is 10.2 Å². The standard InChI is InChI=1S/C21H24N4OS2/c1-14-5-9-17(10-6-14)23-19-24-25-20(28-19)27-13-18(26)22-16-11-7-15(8-12-16)21(2,3)4/h5-12H,13H2,1-4H3,(H,22,26)(H,23,24). The summed E-state index contributed by atoms with van der Waals surface area (Å²) in [6.07, 6.45) is 0. The summed E-state index contributed by atoms with van der Waals surface area (Å²) in [5, 5.41) is 15.1. The highest BCUT2D eigenvalue weighted by Gasteiger charge is 2.13. The summed E-state index contributed by atoms with van der Waals surface area (Å²) in [6, 6.07) is 16.1. The van der Waals surface area contributed by atoms with Crippen molar-refractivity contribution in [2.24, 2.45) is 0 Å². The molecule has 28 heavy (non-hydrogen) atoms. The van der Waals surface area contributed by atoms with Gasteiger partial charge in [-0.2, -0.15) is 0 Å². The molecule has 7 heteroatoms. The lowest BCUT2D eigenvalue weighted by Crippen LogP contribution is -2.15. The largest absolute Gasteiger partial charge is 0.330 e. The fourth-order valence-electron chi connectivity index (χ4n) is 2.46. The lowest BCUT2D eigenvalue weighted by Gasteiger charge is -2.19. The first-order chi connectivity index (χ1) is 13.3. The first-order valence-corrected chi connectivity index (χ1v) is 10.8. The summed E-state index contributed by atoms with van der Waals surface area (Å²) in [7, 11) is 0. The number of nitrogens with one attached hydrogen (secondary N) is 2. The molecule has 0 fully saturated rings. The minimum absolute atomic E-state index is 0.0586. The van der Waals surface area contributed by atoms with Crippen molar-refractivity contribution < 1.29 is 4.79 Å². The Labute approximate surface area is 174 Å². The number of nitrogens with zero attached hydrogens (tertiary/aromatic N) is 2. The summed E-state index contributed by atoms with van der Waals surface area (Å²) in [5.41, 5.74) is 4.31. The van der Waals surface area contributed by atoms with Gasteiger partial charge in [-0.3, -0.25) is 4.79 Å². The molecule has 1 aromatic heterocycles. The highest BCUT2D eigenvalue weighted by Crippen LogP contribution is 2.28. The third kappa shape index (κ3) is 5.81. The van der Waals surface area contributed by atoms with Crippen molar-refractivity contribution in [3.05, 3.63) is 59.7 Å². The second kappa shape index (κ2) is 8.75. The van der Waals surface area contributed by atoms with E-state index < -0.39 is 0 Å². The number of amides is 1. The highest BCUT2D eigenvalue weighted by atomic mass is 32.2. The van der Waals surface area contributed by atoms with Gasteiger partial charge in [-0.05, 0) is 42.2 Å². The van der Waals surface area contributed by atoms with Crippen LogP contribution in [0.3, 0.4) is 0 Å². The molecule has 1 amide bonds. The number of benzene rings is 2. The molecule has 3 aromatic rings. The molecule has 2 N–H and O–H groups in total. The van der Waals surface area contributed by atoms with Gasteiger partial charge in [0.05, 0.1) is 5.75 Å². The smallest absolute Gasteiger partial charge is 0.234 e. The van der Waals surface area contributed by atoms with Gasteiger partial charge < -0.3 is 10.6 Å². The van der Waals surface area contributed by atoms with Crippen molar-refractivity contribution in [1.29, 1.82) is 0 Å². The number of hydrogen-bond acceptors (Lipinski definition) is 6. The maximum atomic E-state index is 12.2. The van der Waals surface area contributed by atoms with E-state index in [-0.39, 0.29) is 11.3 Å². The third-order valence-corrected chi connectivity index (χ3v) is 6.04. The summed E-state index contributed by atoms with van der Waals surface area (Å²) in [4.78, 5) is 12.2. The fourth-order valence-corrected chi connectivity index (χ4v) is 4.03. The number of anilines is 3. The Bertz CT molecular complexity index is 928. The van der Waals surface area contributed by atoms with Crippen molar-refractivity contribution in [1.82, 2.24) is 10.2 Å². The van der Waals surface area contributed by atoms with Crippen LogP contribution in [0.25, 0.3) is 0 Å². The zero-order chi connectivity index (χ0) is 20.1. The number of carbonyl (C=O) groups is 1. The molecular formula is C21H24N4OS2. The molecule has 2 aromatic carbocycles.